The number of hydrogen-bond acceptors (Lipinski definition) is 3. The van der Waals surface area contributed by atoms with Crippen LogP contribution >= 0.6 is 0 Å². The van der Waals surface area contributed by atoms with Gasteiger partial charge in [0.05, 0.1) is 12.2 Å². The molecule has 3 heteroatoms. The van der Waals surface area contributed by atoms with Gasteiger partial charge in [0.25, 0.3) is 0 Å². The molecule has 0 aromatic heterocycles. The lowest BCUT2D eigenvalue weighted by Crippen LogP contribution is -2.34. The standard InChI is InChI=1S/C10H13NO2/c11-8-3-1-2-6-4-9(12)10(13)5-7(6)8/h1-3,9-10,12-13H,4-5,11H2/t9-,10-/m0/s1. The van der Waals surface area contributed by atoms with Crippen molar-refractivity contribution in [3.8, 4) is 0 Å². The van der Waals surface area contributed by atoms with Crippen molar-refractivity contribution < 1.29 is 10.2 Å². The molecule has 0 saturated carbocycles. The minimum Gasteiger partial charge on any atom is -0.398 e. The van der Waals surface area contributed by atoms with Crippen LogP contribution in [0.4, 0.5) is 5.69 Å². The Morgan fingerprint density at radius 3 is 2.62 bits per heavy atom. The van der Waals surface area contributed by atoms with Crippen LogP contribution in [0.25, 0.3) is 0 Å². The van der Waals surface area contributed by atoms with Gasteiger partial charge in [0.15, 0.2) is 0 Å². The Morgan fingerprint density at radius 1 is 1.15 bits per heavy atom. The molecule has 0 unspecified atom stereocenters. The van der Waals surface area contributed by atoms with Gasteiger partial charge in [0.1, 0.15) is 0 Å². The predicted octanol–water partition coefficient (Wildman–Crippen LogP) is 0.0892. The second-order valence-electron chi connectivity index (χ2n) is 3.53. The van der Waals surface area contributed by atoms with Crippen molar-refractivity contribution in [3.05, 3.63) is 29.3 Å². The van der Waals surface area contributed by atoms with E-state index in [4.69, 9.17) is 5.73 Å². The minimum atomic E-state index is -0.669. The molecule has 1 aromatic carbocycles. The molecule has 3 nitrogen and oxygen atoms in total. The summed E-state index contributed by atoms with van der Waals surface area (Å²) in [4.78, 5) is 0. The van der Waals surface area contributed by atoms with Crippen molar-refractivity contribution in [2.24, 2.45) is 0 Å². The van der Waals surface area contributed by atoms with E-state index < -0.39 is 12.2 Å². The molecule has 0 radical (unpaired) electrons. The quantitative estimate of drug-likeness (QED) is 0.494. The topological polar surface area (TPSA) is 66.5 Å². The molecule has 70 valence electrons. The lowest BCUT2D eigenvalue weighted by molar-refractivity contribution is 0.0143. The second-order valence-corrected chi connectivity index (χ2v) is 3.53. The highest BCUT2D eigenvalue weighted by atomic mass is 16.3. The van der Waals surface area contributed by atoms with Crippen molar-refractivity contribution in [2.75, 3.05) is 5.73 Å². The number of aliphatic hydroxyl groups is 2. The fourth-order valence-electron chi connectivity index (χ4n) is 1.80. The van der Waals surface area contributed by atoms with Crippen molar-refractivity contribution in [1.82, 2.24) is 0 Å². The first-order chi connectivity index (χ1) is 6.18. The van der Waals surface area contributed by atoms with Gasteiger partial charge in [-0.15, -0.1) is 0 Å². The van der Waals surface area contributed by atoms with Crippen LogP contribution in [0.1, 0.15) is 11.1 Å². The summed E-state index contributed by atoms with van der Waals surface area (Å²) in [6.07, 6.45) is -0.350. The van der Waals surface area contributed by atoms with Crippen LogP contribution in [0.15, 0.2) is 18.2 Å². The van der Waals surface area contributed by atoms with E-state index in [-0.39, 0.29) is 0 Å². The Labute approximate surface area is 76.8 Å². The van der Waals surface area contributed by atoms with Crippen molar-refractivity contribution >= 4 is 5.69 Å². The summed E-state index contributed by atoms with van der Waals surface area (Å²) in [5.41, 5.74) is 8.51. The van der Waals surface area contributed by atoms with Crippen LogP contribution in [0.3, 0.4) is 0 Å². The van der Waals surface area contributed by atoms with Gasteiger partial charge in [-0.25, -0.2) is 0 Å². The highest BCUT2D eigenvalue weighted by Gasteiger charge is 2.25. The molecular formula is C10H13NO2. The molecule has 13 heavy (non-hydrogen) atoms. The Bertz CT molecular complexity index is 325. The van der Waals surface area contributed by atoms with E-state index in [1.165, 1.54) is 0 Å². The first-order valence-corrected chi connectivity index (χ1v) is 4.41. The van der Waals surface area contributed by atoms with E-state index in [0.29, 0.717) is 18.5 Å². The van der Waals surface area contributed by atoms with Crippen LogP contribution < -0.4 is 5.73 Å². The van der Waals surface area contributed by atoms with E-state index in [9.17, 15) is 10.2 Å². The van der Waals surface area contributed by atoms with Gasteiger partial charge in [0, 0.05) is 18.5 Å². The number of benzene rings is 1. The largest absolute Gasteiger partial charge is 0.398 e. The normalized spacial score (nSPS) is 26.9. The highest BCUT2D eigenvalue weighted by molar-refractivity contribution is 5.52. The number of rotatable bonds is 0. The second kappa shape index (κ2) is 3.01. The molecule has 1 aliphatic carbocycles. The van der Waals surface area contributed by atoms with Crippen LogP contribution in [0.5, 0.6) is 0 Å². The van der Waals surface area contributed by atoms with Gasteiger partial charge >= 0.3 is 0 Å². The number of fused-ring (bicyclic) bond motifs is 1. The van der Waals surface area contributed by atoms with Gasteiger partial charge in [-0.2, -0.15) is 0 Å². The summed E-state index contributed by atoms with van der Waals surface area (Å²) in [5.74, 6) is 0. The fraction of sp³-hybridized carbons (Fsp3) is 0.400. The summed E-state index contributed by atoms with van der Waals surface area (Å²) in [6.45, 7) is 0. The molecule has 0 amide bonds. The molecule has 4 N–H and O–H groups in total. The number of nitrogens with two attached hydrogens (primary N) is 1. The fourth-order valence-corrected chi connectivity index (χ4v) is 1.80. The number of anilines is 1. The monoisotopic (exact) mass is 179 g/mol. The molecule has 1 aliphatic rings. The van der Waals surface area contributed by atoms with Gasteiger partial charge in [-0.1, -0.05) is 12.1 Å². The van der Waals surface area contributed by atoms with Crippen molar-refractivity contribution in [2.45, 2.75) is 25.0 Å². The number of nitrogen functional groups attached to an aromatic ring is 1. The molecule has 0 heterocycles. The first-order valence-electron chi connectivity index (χ1n) is 4.41. The van der Waals surface area contributed by atoms with Gasteiger partial charge in [-0.3, -0.25) is 0 Å². The summed E-state index contributed by atoms with van der Waals surface area (Å²) in [5, 5.41) is 18.9. The van der Waals surface area contributed by atoms with E-state index in [0.717, 1.165) is 11.1 Å². The minimum absolute atomic E-state index is 0.461. The zero-order chi connectivity index (χ0) is 9.42. The molecule has 0 spiro atoms. The highest BCUT2D eigenvalue weighted by Crippen LogP contribution is 2.26. The average Bonchev–Trinajstić information content (AvgIpc) is 2.09. The molecule has 0 aliphatic heterocycles. The smallest absolute Gasteiger partial charge is 0.0843 e. The molecular weight excluding hydrogens is 166 g/mol. The van der Waals surface area contributed by atoms with Crippen LogP contribution in [-0.2, 0) is 12.8 Å². The van der Waals surface area contributed by atoms with E-state index in [2.05, 4.69) is 0 Å². The van der Waals surface area contributed by atoms with Crippen LogP contribution in [0, 0.1) is 0 Å². The Kier molecular flexibility index (Phi) is 1.98. The molecule has 1 aromatic rings. The predicted molar refractivity (Wildman–Crippen MR) is 50.3 cm³/mol. The maximum atomic E-state index is 9.44. The van der Waals surface area contributed by atoms with Crippen molar-refractivity contribution in [1.29, 1.82) is 0 Å². The molecule has 2 atom stereocenters. The zero-order valence-corrected chi connectivity index (χ0v) is 7.27. The number of hydrogen-bond donors (Lipinski definition) is 3. The van der Waals surface area contributed by atoms with E-state index in [1.54, 1.807) is 0 Å². The number of aliphatic hydroxyl groups excluding tert-OH is 2. The summed E-state index contributed by atoms with van der Waals surface area (Å²) < 4.78 is 0. The van der Waals surface area contributed by atoms with Crippen LogP contribution in [-0.4, -0.2) is 22.4 Å². The third-order valence-electron chi connectivity index (χ3n) is 2.60. The first kappa shape index (κ1) is 8.53. The van der Waals surface area contributed by atoms with Crippen LogP contribution in [0.2, 0.25) is 0 Å². The third kappa shape index (κ3) is 1.41. The summed E-state index contributed by atoms with van der Waals surface area (Å²) in [7, 11) is 0. The maximum Gasteiger partial charge on any atom is 0.0843 e. The van der Waals surface area contributed by atoms with Gasteiger partial charge < -0.3 is 15.9 Å². The summed E-state index contributed by atoms with van der Waals surface area (Å²) >= 11 is 0. The lowest BCUT2D eigenvalue weighted by atomic mass is 9.87. The van der Waals surface area contributed by atoms with Gasteiger partial charge in [-0.05, 0) is 17.2 Å². The van der Waals surface area contributed by atoms with E-state index >= 15 is 0 Å². The Balaban J connectivity index is 2.42. The molecule has 2 rings (SSSR count). The Morgan fingerprint density at radius 2 is 1.85 bits per heavy atom. The maximum absolute atomic E-state index is 9.44. The average molecular weight is 179 g/mol. The van der Waals surface area contributed by atoms with E-state index in [1.807, 2.05) is 18.2 Å². The Hall–Kier alpha value is -1.06. The SMILES string of the molecule is Nc1cccc2c1C[C@H](O)[C@@H](O)C2. The summed E-state index contributed by atoms with van der Waals surface area (Å²) in [6, 6.07) is 5.64. The molecule has 0 bridgehead atoms. The van der Waals surface area contributed by atoms with Crippen molar-refractivity contribution in [3.63, 3.8) is 0 Å². The molecule has 0 saturated heterocycles. The third-order valence-corrected chi connectivity index (χ3v) is 2.60. The molecule has 0 fully saturated rings. The van der Waals surface area contributed by atoms with Gasteiger partial charge in [0.2, 0.25) is 0 Å². The lowest BCUT2D eigenvalue weighted by Gasteiger charge is -2.26. The zero-order valence-electron chi connectivity index (χ0n) is 7.27.